The van der Waals surface area contributed by atoms with Crippen LogP contribution in [0, 0.1) is 0 Å². The highest BCUT2D eigenvalue weighted by Crippen LogP contribution is 2.29. The molecule has 0 aliphatic heterocycles. The van der Waals surface area contributed by atoms with Crippen LogP contribution in [0.4, 0.5) is 0 Å². The molecule has 2 aromatic rings. The van der Waals surface area contributed by atoms with Crippen LogP contribution >= 0.6 is 0 Å². The Morgan fingerprint density at radius 1 is 0.950 bits per heavy atom. The van der Waals surface area contributed by atoms with Crippen molar-refractivity contribution >= 4 is 0 Å². The Morgan fingerprint density at radius 2 is 1.65 bits per heavy atom. The van der Waals surface area contributed by atoms with Gasteiger partial charge in [0.15, 0.2) is 0 Å². The Hall–Kier alpha value is -1.60. The van der Waals surface area contributed by atoms with Gasteiger partial charge in [0.2, 0.25) is 0 Å². The molecule has 2 rings (SSSR count). The van der Waals surface area contributed by atoms with Gasteiger partial charge in [-0.25, -0.2) is 0 Å². The molecule has 0 fully saturated rings. The maximum absolute atomic E-state index is 9.44. The first-order valence-electron chi connectivity index (χ1n) is 7.51. The third-order valence-electron chi connectivity index (χ3n) is 4.07. The molecule has 0 bridgehead atoms. The Balaban J connectivity index is 2.44. The average Bonchev–Trinajstić information content (AvgIpc) is 2.53. The minimum Gasteiger partial charge on any atom is -0.392 e. The van der Waals surface area contributed by atoms with E-state index in [0.717, 1.165) is 18.4 Å². The second kappa shape index (κ2) is 6.71. The molecule has 2 aromatic carbocycles. The largest absolute Gasteiger partial charge is 0.392 e. The number of rotatable bonds is 5. The molecule has 0 amide bonds. The molecule has 0 aliphatic rings. The number of aliphatic hydroxyl groups is 1. The molecule has 0 saturated carbocycles. The summed E-state index contributed by atoms with van der Waals surface area (Å²) in [5.41, 5.74) is 6.42. The zero-order chi connectivity index (χ0) is 14.5. The van der Waals surface area contributed by atoms with Gasteiger partial charge >= 0.3 is 0 Å². The number of aliphatic hydroxyl groups excluding tert-OH is 1. The van der Waals surface area contributed by atoms with Crippen LogP contribution in [0.3, 0.4) is 0 Å². The van der Waals surface area contributed by atoms with Crippen molar-refractivity contribution in [1.82, 2.24) is 0 Å². The van der Waals surface area contributed by atoms with E-state index in [4.69, 9.17) is 0 Å². The number of aryl methyl sites for hydroxylation is 2. The van der Waals surface area contributed by atoms with Crippen molar-refractivity contribution < 1.29 is 5.11 Å². The second-order valence-corrected chi connectivity index (χ2v) is 5.37. The molecular formula is C19H24O. The van der Waals surface area contributed by atoms with Gasteiger partial charge in [0.05, 0.1) is 6.61 Å². The van der Waals surface area contributed by atoms with Gasteiger partial charge in [-0.05, 0) is 40.7 Å². The summed E-state index contributed by atoms with van der Waals surface area (Å²) in [6.07, 6.45) is 2.06. The highest BCUT2D eigenvalue weighted by Gasteiger charge is 2.13. The smallest absolute Gasteiger partial charge is 0.0682 e. The van der Waals surface area contributed by atoms with Gasteiger partial charge in [0.25, 0.3) is 0 Å². The predicted molar refractivity (Wildman–Crippen MR) is 85.1 cm³/mol. The predicted octanol–water partition coefficient (Wildman–Crippen LogP) is 4.46. The van der Waals surface area contributed by atoms with Crippen LogP contribution in [-0.2, 0) is 19.4 Å². The first-order valence-corrected chi connectivity index (χ1v) is 7.51. The summed E-state index contributed by atoms with van der Waals surface area (Å²) in [6.45, 7) is 6.73. The summed E-state index contributed by atoms with van der Waals surface area (Å²) < 4.78 is 0. The third-order valence-corrected chi connectivity index (χ3v) is 4.07. The van der Waals surface area contributed by atoms with E-state index in [9.17, 15) is 5.11 Å². The Bertz CT molecular complexity index is 549. The molecule has 1 heteroatoms. The fourth-order valence-corrected chi connectivity index (χ4v) is 2.79. The fraction of sp³-hybridized carbons (Fsp3) is 0.368. The Morgan fingerprint density at radius 3 is 2.30 bits per heavy atom. The number of benzene rings is 2. The van der Waals surface area contributed by atoms with E-state index in [1.54, 1.807) is 0 Å². The summed E-state index contributed by atoms with van der Waals surface area (Å²) in [4.78, 5) is 0. The van der Waals surface area contributed by atoms with Gasteiger partial charge in [0.1, 0.15) is 0 Å². The molecular weight excluding hydrogens is 244 g/mol. The van der Waals surface area contributed by atoms with E-state index >= 15 is 0 Å². The normalized spacial score (nSPS) is 12.4. The molecule has 1 atom stereocenters. The van der Waals surface area contributed by atoms with Crippen molar-refractivity contribution in [3.63, 3.8) is 0 Å². The van der Waals surface area contributed by atoms with Crippen LogP contribution in [0.1, 0.15) is 54.5 Å². The topological polar surface area (TPSA) is 20.2 Å². The minimum absolute atomic E-state index is 0.114. The lowest BCUT2D eigenvalue weighted by molar-refractivity contribution is 0.281. The van der Waals surface area contributed by atoms with Crippen molar-refractivity contribution in [3.8, 4) is 0 Å². The summed E-state index contributed by atoms with van der Waals surface area (Å²) >= 11 is 0. The second-order valence-electron chi connectivity index (χ2n) is 5.37. The Kier molecular flexibility index (Phi) is 4.97. The first-order chi connectivity index (χ1) is 9.69. The summed E-state index contributed by atoms with van der Waals surface area (Å²) in [7, 11) is 0. The van der Waals surface area contributed by atoms with E-state index < -0.39 is 0 Å². The van der Waals surface area contributed by atoms with E-state index in [1.165, 1.54) is 22.3 Å². The quantitative estimate of drug-likeness (QED) is 0.849. The van der Waals surface area contributed by atoms with Gasteiger partial charge in [-0.15, -0.1) is 0 Å². The van der Waals surface area contributed by atoms with Gasteiger partial charge in [0, 0.05) is 5.92 Å². The number of hydrogen-bond acceptors (Lipinski definition) is 1. The standard InChI is InChI=1S/C19H24O/c1-4-15-10-16(13-20)12-18(11-15)14(3)19-9-7-6-8-17(19)5-2/h6-12,14,20H,4-5,13H2,1-3H3. The third kappa shape index (κ3) is 3.10. The van der Waals surface area contributed by atoms with Crippen LogP contribution in [0.15, 0.2) is 42.5 Å². The van der Waals surface area contributed by atoms with Gasteiger partial charge in [-0.3, -0.25) is 0 Å². The lowest BCUT2D eigenvalue weighted by atomic mass is 9.87. The Labute approximate surface area is 122 Å². The monoisotopic (exact) mass is 268 g/mol. The molecule has 20 heavy (non-hydrogen) atoms. The summed E-state index contributed by atoms with van der Waals surface area (Å²) in [5.74, 6) is 0.364. The average molecular weight is 268 g/mol. The zero-order valence-corrected chi connectivity index (χ0v) is 12.7. The maximum atomic E-state index is 9.44. The first kappa shape index (κ1) is 14.8. The lowest BCUT2D eigenvalue weighted by Crippen LogP contribution is -2.02. The van der Waals surface area contributed by atoms with Crippen molar-refractivity contribution in [3.05, 3.63) is 70.3 Å². The molecule has 1 unspecified atom stereocenters. The van der Waals surface area contributed by atoms with Gasteiger partial charge in [-0.1, -0.05) is 63.2 Å². The van der Waals surface area contributed by atoms with E-state index in [0.29, 0.717) is 5.92 Å². The van der Waals surface area contributed by atoms with Crippen molar-refractivity contribution in [2.45, 2.75) is 46.1 Å². The molecule has 1 N–H and O–H groups in total. The maximum Gasteiger partial charge on any atom is 0.0682 e. The summed E-state index contributed by atoms with van der Waals surface area (Å²) in [5, 5.41) is 9.44. The molecule has 0 aliphatic carbocycles. The molecule has 0 heterocycles. The van der Waals surface area contributed by atoms with Crippen LogP contribution in [0.25, 0.3) is 0 Å². The van der Waals surface area contributed by atoms with Crippen molar-refractivity contribution in [2.75, 3.05) is 0 Å². The van der Waals surface area contributed by atoms with E-state index in [2.05, 4.69) is 63.2 Å². The lowest BCUT2D eigenvalue weighted by Gasteiger charge is -2.18. The highest BCUT2D eigenvalue weighted by molar-refractivity contribution is 5.40. The molecule has 1 nitrogen and oxygen atoms in total. The number of hydrogen-bond donors (Lipinski definition) is 1. The van der Waals surface area contributed by atoms with Crippen LogP contribution in [-0.4, -0.2) is 5.11 Å². The van der Waals surface area contributed by atoms with E-state index in [-0.39, 0.29) is 6.61 Å². The molecule has 0 spiro atoms. The molecule has 0 aromatic heterocycles. The van der Waals surface area contributed by atoms with Crippen LogP contribution in [0.2, 0.25) is 0 Å². The molecule has 0 saturated heterocycles. The molecule has 106 valence electrons. The summed E-state index contributed by atoms with van der Waals surface area (Å²) in [6, 6.07) is 15.2. The molecule has 0 radical (unpaired) electrons. The zero-order valence-electron chi connectivity index (χ0n) is 12.7. The van der Waals surface area contributed by atoms with Crippen molar-refractivity contribution in [1.29, 1.82) is 0 Å². The van der Waals surface area contributed by atoms with Gasteiger partial charge < -0.3 is 5.11 Å². The van der Waals surface area contributed by atoms with Crippen molar-refractivity contribution in [2.24, 2.45) is 0 Å². The minimum atomic E-state index is 0.114. The van der Waals surface area contributed by atoms with Gasteiger partial charge in [-0.2, -0.15) is 0 Å². The van der Waals surface area contributed by atoms with E-state index in [1.807, 2.05) is 0 Å². The SMILES string of the molecule is CCc1cc(CO)cc(C(C)c2ccccc2CC)c1. The van der Waals surface area contributed by atoms with Crippen LogP contribution in [0.5, 0.6) is 0 Å². The highest BCUT2D eigenvalue weighted by atomic mass is 16.3. The van der Waals surface area contributed by atoms with Crippen LogP contribution < -0.4 is 0 Å². The fourth-order valence-electron chi connectivity index (χ4n) is 2.79.